The van der Waals surface area contributed by atoms with E-state index in [2.05, 4.69) is 28.2 Å². The lowest BCUT2D eigenvalue weighted by Crippen LogP contribution is -2.31. The summed E-state index contributed by atoms with van der Waals surface area (Å²) >= 11 is 3.19. The predicted molar refractivity (Wildman–Crippen MR) is 108 cm³/mol. The molecular formula is C20H25BrN2O4. The van der Waals surface area contributed by atoms with Gasteiger partial charge < -0.3 is 19.4 Å². The van der Waals surface area contributed by atoms with Gasteiger partial charge in [0.1, 0.15) is 0 Å². The van der Waals surface area contributed by atoms with Crippen molar-refractivity contribution in [2.24, 2.45) is 0 Å². The molecule has 1 N–H and O–H groups in total. The Hall–Kier alpha value is -2.12. The highest BCUT2D eigenvalue weighted by atomic mass is 79.9. The first-order valence-electron chi connectivity index (χ1n) is 9.03. The van der Waals surface area contributed by atoms with Crippen molar-refractivity contribution in [1.82, 2.24) is 5.32 Å². The predicted octanol–water partition coefficient (Wildman–Crippen LogP) is 4.26. The van der Waals surface area contributed by atoms with Crippen molar-refractivity contribution in [2.45, 2.75) is 26.2 Å². The van der Waals surface area contributed by atoms with Crippen LogP contribution in [0.2, 0.25) is 0 Å². The number of hydrogen-bond donors (Lipinski definition) is 1. The van der Waals surface area contributed by atoms with Gasteiger partial charge in [0.25, 0.3) is 11.8 Å². The number of hydrogen-bond acceptors (Lipinski definition) is 4. The van der Waals surface area contributed by atoms with E-state index < -0.39 is 0 Å². The van der Waals surface area contributed by atoms with Crippen LogP contribution in [0.1, 0.15) is 47.1 Å². The standard InChI is InChI=1S/C20H25BrN2O4/c1-3-4-13-26-14-7-12-22-19(24)15-8-5-6-9-16(15)23(2)20(25)17-10-11-18(21)27-17/h5-6,8-11H,3-4,7,12-14H2,1-2H3,(H,22,24). The number of nitrogens with zero attached hydrogens (tertiary/aromatic N) is 1. The summed E-state index contributed by atoms with van der Waals surface area (Å²) in [6, 6.07) is 10.2. The first-order chi connectivity index (χ1) is 13.0. The molecule has 0 bridgehead atoms. The zero-order chi connectivity index (χ0) is 19.6. The van der Waals surface area contributed by atoms with E-state index in [4.69, 9.17) is 9.15 Å². The molecule has 0 radical (unpaired) electrons. The molecule has 0 saturated carbocycles. The average molecular weight is 437 g/mol. The summed E-state index contributed by atoms with van der Waals surface area (Å²) in [4.78, 5) is 26.5. The lowest BCUT2D eigenvalue weighted by Gasteiger charge is -2.19. The van der Waals surface area contributed by atoms with Gasteiger partial charge in [0.05, 0.1) is 11.3 Å². The third-order valence-corrected chi connectivity index (χ3v) is 4.42. The summed E-state index contributed by atoms with van der Waals surface area (Å²) in [5, 5.41) is 2.88. The highest BCUT2D eigenvalue weighted by molar-refractivity contribution is 9.10. The van der Waals surface area contributed by atoms with Gasteiger partial charge in [-0.1, -0.05) is 25.5 Å². The van der Waals surface area contributed by atoms with Gasteiger partial charge in [-0.05, 0) is 53.0 Å². The van der Waals surface area contributed by atoms with Crippen molar-refractivity contribution in [1.29, 1.82) is 0 Å². The Morgan fingerprint density at radius 2 is 1.89 bits per heavy atom. The summed E-state index contributed by atoms with van der Waals surface area (Å²) in [7, 11) is 1.62. The van der Waals surface area contributed by atoms with Crippen molar-refractivity contribution < 1.29 is 18.7 Å². The lowest BCUT2D eigenvalue weighted by atomic mass is 10.1. The fourth-order valence-corrected chi connectivity index (χ4v) is 2.79. The summed E-state index contributed by atoms with van der Waals surface area (Å²) in [5.74, 6) is -0.353. The van der Waals surface area contributed by atoms with Gasteiger partial charge in [0.2, 0.25) is 0 Å². The molecule has 0 aliphatic carbocycles. The van der Waals surface area contributed by atoms with Crippen molar-refractivity contribution >= 4 is 33.4 Å². The van der Waals surface area contributed by atoms with E-state index in [0.29, 0.717) is 29.1 Å². The van der Waals surface area contributed by atoms with Gasteiger partial charge in [0, 0.05) is 26.8 Å². The molecule has 0 atom stereocenters. The van der Waals surface area contributed by atoms with E-state index in [1.807, 2.05) is 0 Å². The maximum absolute atomic E-state index is 12.6. The summed E-state index contributed by atoms with van der Waals surface area (Å²) in [5.41, 5.74) is 0.956. The second kappa shape index (κ2) is 10.9. The molecule has 0 aliphatic heterocycles. The molecule has 1 heterocycles. The third kappa shape index (κ3) is 6.22. The Morgan fingerprint density at radius 1 is 1.15 bits per heavy atom. The molecule has 0 saturated heterocycles. The lowest BCUT2D eigenvalue weighted by molar-refractivity contribution is 0.0941. The number of nitrogens with one attached hydrogen (secondary N) is 1. The molecule has 1 aromatic carbocycles. The molecule has 1 aromatic heterocycles. The highest BCUT2D eigenvalue weighted by Crippen LogP contribution is 2.23. The van der Waals surface area contributed by atoms with Gasteiger partial charge >= 0.3 is 0 Å². The number of ether oxygens (including phenoxy) is 1. The first-order valence-corrected chi connectivity index (χ1v) is 9.82. The van der Waals surface area contributed by atoms with E-state index in [9.17, 15) is 9.59 Å². The number of carbonyl (C=O) groups excluding carboxylic acids is 2. The van der Waals surface area contributed by atoms with E-state index in [0.717, 1.165) is 25.9 Å². The molecule has 7 heteroatoms. The highest BCUT2D eigenvalue weighted by Gasteiger charge is 2.21. The Balaban J connectivity index is 1.96. The maximum Gasteiger partial charge on any atom is 0.293 e. The minimum Gasteiger partial charge on any atom is -0.444 e. The van der Waals surface area contributed by atoms with Gasteiger partial charge in [-0.2, -0.15) is 0 Å². The third-order valence-electron chi connectivity index (χ3n) is 3.99. The van der Waals surface area contributed by atoms with Crippen LogP contribution < -0.4 is 10.2 Å². The number of rotatable bonds is 10. The fourth-order valence-electron chi connectivity index (χ4n) is 2.48. The number of para-hydroxylation sites is 1. The molecule has 6 nitrogen and oxygen atoms in total. The molecule has 146 valence electrons. The van der Waals surface area contributed by atoms with Crippen LogP contribution in [0, 0.1) is 0 Å². The van der Waals surface area contributed by atoms with Gasteiger partial charge in [-0.3, -0.25) is 9.59 Å². The fraction of sp³-hybridized carbons (Fsp3) is 0.400. The summed E-state index contributed by atoms with van der Waals surface area (Å²) < 4.78 is 11.3. The Kier molecular flexibility index (Phi) is 8.54. The number of unbranched alkanes of at least 4 members (excludes halogenated alkanes) is 1. The molecule has 0 unspecified atom stereocenters. The van der Waals surface area contributed by atoms with Crippen molar-refractivity contribution in [3.63, 3.8) is 0 Å². The van der Waals surface area contributed by atoms with E-state index in [1.54, 1.807) is 43.4 Å². The largest absolute Gasteiger partial charge is 0.444 e. The van der Waals surface area contributed by atoms with Gasteiger partial charge in [-0.15, -0.1) is 0 Å². The number of benzene rings is 1. The number of halogens is 1. The first kappa shape index (κ1) is 21.2. The summed E-state index contributed by atoms with van der Waals surface area (Å²) in [6.07, 6.45) is 2.90. The normalized spacial score (nSPS) is 10.6. The van der Waals surface area contributed by atoms with Crippen molar-refractivity contribution in [3.05, 3.63) is 52.4 Å². The second-order valence-corrected chi connectivity index (χ2v) is 6.84. The van der Waals surface area contributed by atoms with Crippen LogP contribution in [0.3, 0.4) is 0 Å². The van der Waals surface area contributed by atoms with Crippen LogP contribution in [0.25, 0.3) is 0 Å². The quantitative estimate of drug-likeness (QED) is 0.564. The van der Waals surface area contributed by atoms with E-state index >= 15 is 0 Å². The number of carbonyl (C=O) groups is 2. The van der Waals surface area contributed by atoms with Crippen LogP contribution in [-0.4, -0.2) is 38.6 Å². The van der Waals surface area contributed by atoms with Crippen LogP contribution in [0.15, 0.2) is 45.5 Å². The molecule has 0 spiro atoms. The van der Waals surface area contributed by atoms with Crippen molar-refractivity contribution in [3.8, 4) is 0 Å². The minimum absolute atomic E-state index is 0.198. The van der Waals surface area contributed by atoms with Crippen LogP contribution in [-0.2, 0) is 4.74 Å². The molecule has 2 rings (SSSR count). The molecule has 2 amide bonds. The monoisotopic (exact) mass is 436 g/mol. The van der Waals surface area contributed by atoms with Gasteiger partial charge in [0.15, 0.2) is 10.4 Å². The van der Waals surface area contributed by atoms with E-state index in [1.165, 1.54) is 4.90 Å². The molecule has 27 heavy (non-hydrogen) atoms. The minimum atomic E-state index is -0.328. The Morgan fingerprint density at radius 3 is 2.59 bits per heavy atom. The molecule has 2 aromatic rings. The number of amides is 2. The second-order valence-electron chi connectivity index (χ2n) is 6.06. The summed E-state index contributed by atoms with van der Waals surface area (Å²) in [6.45, 7) is 4.01. The van der Waals surface area contributed by atoms with Crippen molar-refractivity contribution in [2.75, 3.05) is 31.7 Å². The Bertz CT molecular complexity index is 760. The number of anilines is 1. The SMILES string of the molecule is CCCCOCCCNC(=O)c1ccccc1N(C)C(=O)c1ccc(Br)o1. The number of furan rings is 1. The van der Waals surface area contributed by atoms with Crippen LogP contribution in [0.4, 0.5) is 5.69 Å². The van der Waals surface area contributed by atoms with E-state index in [-0.39, 0.29) is 17.6 Å². The molecular weight excluding hydrogens is 412 g/mol. The molecule has 0 aliphatic rings. The van der Waals surface area contributed by atoms with Crippen LogP contribution >= 0.6 is 15.9 Å². The smallest absolute Gasteiger partial charge is 0.293 e. The maximum atomic E-state index is 12.6. The molecule has 0 fully saturated rings. The zero-order valence-corrected chi connectivity index (χ0v) is 17.3. The van der Waals surface area contributed by atoms with Gasteiger partial charge in [-0.25, -0.2) is 0 Å². The Labute approximate surface area is 168 Å². The van der Waals surface area contributed by atoms with Crippen LogP contribution in [0.5, 0.6) is 0 Å². The average Bonchev–Trinajstić information content (AvgIpc) is 3.12. The topological polar surface area (TPSA) is 71.8 Å². The zero-order valence-electron chi connectivity index (χ0n) is 15.7.